The van der Waals surface area contributed by atoms with E-state index in [4.69, 9.17) is 4.74 Å². The zero-order valence-electron chi connectivity index (χ0n) is 12.3. The molecule has 0 aromatic heterocycles. The first-order valence-electron chi connectivity index (χ1n) is 7.71. The highest BCUT2D eigenvalue weighted by Crippen LogP contribution is 2.24. The summed E-state index contributed by atoms with van der Waals surface area (Å²) >= 11 is 0. The molecule has 0 saturated carbocycles. The second kappa shape index (κ2) is 7.66. The first-order valence-corrected chi connectivity index (χ1v) is 7.71. The lowest BCUT2D eigenvalue weighted by Gasteiger charge is -2.19. The quantitative estimate of drug-likeness (QED) is 0.804. The summed E-state index contributed by atoms with van der Waals surface area (Å²) in [5.74, 6) is 0. The van der Waals surface area contributed by atoms with Gasteiger partial charge in [-0.15, -0.1) is 0 Å². The van der Waals surface area contributed by atoms with Crippen LogP contribution in [0.1, 0.15) is 56.2 Å². The molecule has 1 N–H and O–H groups in total. The van der Waals surface area contributed by atoms with Crippen LogP contribution in [0.2, 0.25) is 0 Å². The molecule has 1 saturated heterocycles. The molecule has 1 aromatic carbocycles. The average Bonchev–Trinajstić information content (AvgIpc) is 2.95. The van der Waals surface area contributed by atoms with E-state index in [1.165, 1.54) is 43.2 Å². The van der Waals surface area contributed by atoms with Gasteiger partial charge in [0.1, 0.15) is 0 Å². The molecule has 1 heterocycles. The highest BCUT2D eigenvalue weighted by molar-refractivity contribution is 5.25. The van der Waals surface area contributed by atoms with Gasteiger partial charge in [0.25, 0.3) is 0 Å². The van der Waals surface area contributed by atoms with Gasteiger partial charge in [-0.3, -0.25) is 0 Å². The fourth-order valence-corrected chi connectivity index (χ4v) is 2.91. The maximum absolute atomic E-state index is 5.71. The molecule has 2 atom stereocenters. The molecule has 0 amide bonds. The van der Waals surface area contributed by atoms with E-state index in [-0.39, 0.29) is 0 Å². The van der Waals surface area contributed by atoms with Crippen LogP contribution in [0.4, 0.5) is 0 Å². The topological polar surface area (TPSA) is 21.3 Å². The van der Waals surface area contributed by atoms with E-state index < -0.39 is 0 Å². The Hall–Kier alpha value is -0.860. The summed E-state index contributed by atoms with van der Waals surface area (Å²) in [4.78, 5) is 0. The maximum Gasteiger partial charge on any atom is 0.0576 e. The van der Waals surface area contributed by atoms with Crippen LogP contribution in [0.25, 0.3) is 0 Å². The van der Waals surface area contributed by atoms with Gasteiger partial charge in [0, 0.05) is 12.6 Å². The van der Waals surface area contributed by atoms with Crippen LogP contribution in [0.5, 0.6) is 0 Å². The third-order valence-corrected chi connectivity index (χ3v) is 4.07. The van der Waals surface area contributed by atoms with Crippen LogP contribution >= 0.6 is 0 Å². The molecule has 2 heteroatoms. The minimum absolute atomic E-state index is 0.458. The molecule has 0 bridgehead atoms. The summed E-state index contributed by atoms with van der Waals surface area (Å²) in [5, 5.41) is 3.44. The van der Waals surface area contributed by atoms with Crippen LogP contribution in [-0.4, -0.2) is 19.8 Å². The summed E-state index contributed by atoms with van der Waals surface area (Å²) < 4.78 is 5.71. The third-order valence-electron chi connectivity index (χ3n) is 4.07. The van der Waals surface area contributed by atoms with Crippen LogP contribution in [-0.2, 0) is 11.2 Å². The van der Waals surface area contributed by atoms with Crippen molar-refractivity contribution in [1.29, 1.82) is 0 Å². The Morgan fingerprint density at radius 1 is 1.32 bits per heavy atom. The molecule has 1 aromatic rings. The van der Waals surface area contributed by atoms with Crippen molar-refractivity contribution in [3.8, 4) is 0 Å². The molecule has 19 heavy (non-hydrogen) atoms. The Bertz CT molecular complexity index is 354. The van der Waals surface area contributed by atoms with E-state index >= 15 is 0 Å². The summed E-state index contributed by atoms with van der Waals surface area (Å²) in [6.45, 7) is 3.19. The summed E-state index contributed by atoms with van der Waals surface area (Å²) in [7, 11) is 2.06. The van der Waals surface area contributed by atoms with E-state index in [9.17, 15) is 0 Å². The highest BCUT2D eigenvalue weighted by Gasteiger charge is 2.18. The summed E-state index contributed by atoms with van der Waals surface area (Å²) in [6, 6.07) is 9.56. The van der Waals surface area contributed by atoms with Gasteiger partial charge in [-0.1, -0.05) is 37.6 Å². The monoisotopic (exact) mass is 261 g/mol. The van der Waals surface area contributed by atoms with Gasteiger partial charge in [0.15, 0.2) is 0 Å². The lowest BCUT2D eigenvalue weighted by molar-refractivity contribution is 0.0998. The lowest BCUT2D eigenvalue weighted by Crippen LogP contribution is -2.18. The Balaban J connectivity index is 1.88. The van der Waals surface area contributed by atoms with Gasteiger partial charge in [-0.2, -0.15) is 0 Å². The Morgan fingerprint density at radius 3 is 2.68 bits per heavy atom. The number of aryl methyl sites for hydroxylation is 1. The van der Waals surface area contributed by atoms with Crippen LogP contribution in [0, 0.1) is 0 Å². The molecule has 1 aliphatic rings. The fraction of sp³-hybridized carbons (Fsp3) is 0.647. The molecule has 2 unspecified atom stereocenters. The molecule has 0 aliphatic carbocycles. The van der Waals surface area contributed by atoms with Crippen LogP contribution in [0.15, 0.2) is 24.3 Å². The molecule has 2 rings (SSSR count). The fourth-order valence-electron chi connectivity index (χ4n) is 2.91. The van der Waals surface area contributed by atoms with Crippen molar-refractivity contribution in [2.75, 3.05) is 13.7 Å². The second-order valence-electron chi connectivity index (χ2n) is 5.55. The van der Waals surface area contributed by atoms with E-state index in [1.54, 1.807) is 0 Å². The standard InChI is InChI=1S/C17H27NO/c1-3-5-14-7-9-15(10-8-14)17(18-2)12-11-16-6-4-13-19-16/h7-10,16-18H,3-6,11-13H2,1-2H3. The molecule has 1 aliphatic heterocycles. The number of nitrogens with one attached hydrogen (secondary N) is 1. The number of hydrogen-bond donors (Lipinski definition) is 1. The van der Waals surface area contributed by atoms with Crippen LogP contribution in [0.3, 0.4) is 0 Å². The molecular weight excluding hydrogens is 234 g/mol. The van der Waals surface area contributed by atoms with Crippen molar-refractivity contribution in [2.45, 2.75) is 57.6 Å². The van der Waals surface area contributed by atoms with Crippen molar-refractivity contribution in [3.05, 3.63) is 35.4 Å². The smallest absolute Gasteiger partial charge is 0.0576 e. The maximum atomic E-state index is 5.71. The van der Waals surface area contributed by atoms with E-state index in [0.717, 1.165) is 13.0 Å². The van der Waals surface area contributed by atoms with E-state index in [2.05, 4.69) is 43.6 Å². The lowest BCUT2D eigenvalue weighted by atomic mass is 9.97. The Labute approximate surface area is 117 Å². The third kappa shape index (κ3) is 4.32. The predicted molar refractivity (Wildman–Crippen MR) is 80.4 cm³/mol. The number of benzene rings is 1. The zero-order valence-corrected chi connectivity index (χ0v) is 12.3. The van der Waals surface area contributed by atoms with Crippen molar-refractivity contribution in [2.24, 2.45) is 0 Å². The van der Waals surface area contributed by atoms with Crippen LogP contribution < -0.4 is 5.32 Å². The number of hydrogen-bond acceptors (Lipinski definition) is 2. The van der Waals surface area contributed by atoms with Crippen molar-refractivity contribution < 1.29 is 4.74 Å². The Kier molecular flexibility index (Phi) is 5.87. The number of rotatable bonds is 7. The summed E-state index contributed by atoms with van der Waals surface area (Å²) in [6.07, 6.45) is 7.70. The van der Waals surface area contributed by atoms with Gasteiger partial charge < -0.3 is 10.1 Å². The van der Waals surface area contributed by atoms with Gasteiger partial charge in [-0.05, 0) is 50.3 Å². The van der Waals surface area contributed by atoms with E-state index in [1.807, 2.05) is 0 Å². The predicted octanol–water partition coefficient (Wildman–Crippen LogP) is 3.86. The normalized spacial score (nSPS) is 20.6. The molecule has 2 nitrogen and oxygen atoms in total. The van der Waals surface area contributed by atoms with Crippen molar-refractivity contribution in [3.63, 3.8) is 0 Å². The Morgan fingerprint density at radius 2 is 2.11 bits per heavy atom. The van der Waals surface area contributed by atoms with Gasteiger partial charge >= 0.3 is 0 Å². The minimum Gasteiger partial charge on any atom is -0.378 e. The van der Waals surface area contributed by atoms with Gasteiger partial charge in [0.2, 0.25) is 0 Å². The summed E-state index contributed by atoms with van der Waals surface area (Å²) in [5.41, 5.74) is 2.85. The average molecular weight is 261 g/mol. The van der Waals surface area contributed by atoms with Crippen molar-refractivity contribution >= 4 is 0 Å². The molecule has 1 fully saturated rings. The minimum atomic E-state index is 0.458. The van der Waals surface area contributed by atoms with Gasteiger partial charge in [-0.25, -0.2) is 0 Å². The van der Waals surface area contributed by atoms with E-state index in [0.29, 0.717) is 12.1 Å². The van der Waals surface area contributed by atoms with Gasteiger partial charge in [0.05, 0.1) is 6.10 Å². The SMILES string of the molecule is CCCc1ccc(C(CCC2CCCO2)NC)cc1. The number of ether oxygens (including phenoxy) is 1. The molecule has 0 spiro atoms. The molecule has 106 valence electrons. The second-order valence-corrected chi connectivity index (χ2v) is 5.55. The highest BCUT2D eigenvalue weighted by atomic mass is 16.5. The first-order chi connectivity index (χ1) is 9.33. The molecule has 0 radical (unpaired) electrons. The zero-order chi connectivity index (χ0) is 13.5. The molecular formula is C17H27NO. The first kappa shape index (κ1) is 14.5. The largest absolute Gasteiger partial charge is 0.378 e. The van der Waals surface area contributed by atoms with Crippen molar-refractivity contribution in [1.82, 2.24) is 5.32 Å².